The van der Waals surface area contributed by atoms with Gasteiger partial charge in [0.25, 0.3) is 0 Å². The summed E-state index contributed by atoms with van der Waals surface area (Å²) < 4.78 is 12.8. The molecule has 0 saturated carbocycles. The highest BCUT2D eigenvalue weighted by molar-refractivity contribution is 6.29. The molecule has 7 heteroatoms. The van der Waals surface area contributed by atoms with Crippen LogP contribution in [0.3, 0.4) is 0 Å². The summed E-state index contributed by atoms with van der Waals surface area (Å²) in [4.78, 5) is 18.8. The Morgan fingerprint density at radius 3 is 2.77 bits per heavy atom. The van der Waals surface area contributed by atoms with Gasteiger partial charge >= 0.3 is 6.03 Å². The van der Waals surface area contributed by atoms with Crippen LogP contribution in [0.15, 0.2) is 42.5 Å². The van der Waals surface area contributed by atoms with Crippen LogP contribution in [0.5, 0.6) is 0 Å². The average Bonchev–Trinajstić information content (AvgIpc) is 2.86. The van der Waals surface area contributed by atoms with Gasteiger partial charge in [0, 0.05) is 12.2 Å². The molecular formula is C15H12ClFN4O. The molecule has 1 heterocycles. The molecule has 3 rings (SSSR count). The largest absolute Gasteiger partial charge is 0.334 e. The molecule has 0 unspecified atom stereocenters. The zero-order chi connectivity index (χ0) is 15.5. The summed E-state index contributed by atoms with van der Waals surface area (Å²) in [6.45, 7) is 0.310. The van der Waals surface area contributed by atoms with E-state index in [9.17, 15) is 9.18 Å². The zero-order valence-electron chi connectivity index (χ0n) is 11.4. The summed E-state index contributed by atoms with van der Waals surface area (Å²) >= 11 is 5.78. The summed E-state index contributed by atoms with van der Waals surface area (Å²) in [6.07, 6.45) is 0. The third-order valence-electron chi connectivity index (χ3n) is 3.08. The SMILES string of the molecule is O=C(NCc1ccc(F)cc1)Nc1ccc2nc(Cl)[nH]c2c1. The molecule has 112 valence electrons. The van der Waals surface area contributed by atoms with Crippen molar-refractivity contribution in [3.05, 3.63) is 59.1 Å². The number of carbonyl (C=O) groups excluding carboxylic acids is 1. The van der Waals surface area contributed by atoms with E-state index in [1.54, 1.807) is 30.3 Å². The molecular weight excluding hydrogens is 307 g/mol. The van der Waals surface area contributed by atoms with Crippen LogP contribution >= 0.6 is 11.6 Å². The molecule has 2 aromatic carbocycles. The minimum Gasteiger partial charge on any atom is -0.334 e. The molecule has 0 aliphatic carbocycles. The number of hydrogen-bond donors (Lipinski definition) is 3. The van der Waals surface area contributed by atoms with Crippen molar-refractivity contribution in [2.45, 2.75) is 6.54 Å². The molecule has 0 aliphatic heterocycles. The molecule has 0 fully saturated rings. The van der Waals surface area contributed by atoms with Crippen molar-refractivity contribution in [2.24, 2.45) is 0 Å². The third-order valence-corrected chi connectivity index (χ3v) is 3.26. The second-order valence-electron chi connectivity index (χ2n) is 4.69. The number of aromatic nitrogens is 2. The molecule has 0 atom stereocenters. The van der Waals surface area contributed by atoms with Crippen molar-refractivity contribution in [2.75, 3.05) is 5.32 Å². The summed E-state index contributed by atoms with van der Waals surface area (Å²) in [5.41, 5.74) is 2.89. The maximum Gasteiger partial charge on any atom is 0.319 e. The van der Waals surface area contributed by atoms with Gasteiger partial charge in [-0.3, -0.25) is 0 Å². The van der Waals surface area contributed by atoms with Crippen molar-refractivity contribution < 1.29 is 9.18 Å². The first-order valence-electron chi connectivity index (χ1n) is 6.55. The van der Waals surface area contributed by atoms with E-state index in [0.29, 0.717) is 17.5 Å². The number of fused-ring (bicyclic) bond motifs is 1. The van der Waals surface area contributed by atoms with Gasteiger partial charge < -0.3 is 15.6 Å². The Hall–Kier alpha value is -2.60. The normalized spacial score (nSPS) is 10.6. The monoisotopic (exact) mass is 318 g/mol. The minimum absolute atomic E-state index is 0.299. The van der Waals surface area contributed by atoms with Crippen LogP contribution in [-0.4, -0.2) is 16.0 Å². The Labute approximate surface area is 130 Å². The van der Waals surface area contributed by atoms with Crippen LogP contribution in [0.25, 0.3) is 11.0 Å². The lowest BCUT2D eigenvalue weighted by molar-refractivity contribution is 0.251. The van der Waals surface area contributed by atoms with Crippen molar-refractivity contribution in [1.82, 2.24) is 15.3 Å². The van der Waals surface area contributed by atoms with Crippen molar-refractivity contribution in [1.29, 1.82) is 0 Å². The van der Waals surface area contributed by atoms with Gasteiger partial charge in [0.2, 0.25) is 5.28 Å². The Balaban J connectivity index is 1.61. The Kier molecular flexibility index (Phi) is 3.93. The predicted octanol–water partition coefficient (Wildman–Crippen LogP) is 3.68. The maximum atomic E-state index is 12.8. The molecule has 3 aromatic rings. The fraction of sp³-hybridized carbons (Fsp3) is 0.0667. The predicted molar refractivity (Wildman–Crippen MR) is 83.4 cm³/mol. The number of hydrogen-bond acceptors (Lipinski definition) is 2. The molecule has 0 spiro atoms. The number of carbonyl (C=O) groups is 1. The van der Waals surface area contributed by atoms with Crippen LogP contribution in [0.1, 0.15) is 5.56 Å². The summed E-state index contributed by atoms with van der Waals surface area (Å²) in [5.74, 6) is -0.306. The second kappa shape index (κ2) is 6.03. The number of nitrogens with zero attached hydrogens (tertiary/aromatic N) is 1. The van der Waals surface area contributed by atoms with Gasteiger partial charge in [0.1, 0.15) is 5.82 Å². The highest BCUT2D eigenvalue weighted by Crippen LogP contribution is 2.18. The second-order valence-corrected chi connectivity index (χ2v) is 5.05. The van der Waals surface area contributed by atoms with Crippen molar-refractivity contribution in [3.63, 3.8) is 0 Å². The fourth-order valence-electron chi connectivity index (χ4n) is 2.02. The Morgan fingerprint density at radius 2 is 2.00 bits per heavy atom. The maximum absolute atomic E-state index is 12.8. The molecule has 3 N–H and O–H groups in total. The Morgan fingerprint density at radius 1 is 1.23 bits per heavy atom. The van der Waals surface area contributed by atoms with E-state index in [1.807, 2.05) is 0 Å². The number of rotatable bonds is 3. The average molecular weight is 319 g/mol. The molecule has 2 amide bonds. The molecule has 0 radical (unpaired) electrons. The minimum atomic E-state index is -0.353. The van der Waals surface area contributed by atoms with E-state index in [4.69, 9.17) is 11.6 Å². The van der Waals surface area contributed by atoms with Gasteiger partial charge in [0.05, 0.1) is 11.0 Å². The van der Waals surface area contributed by atoms with E-state index in [2.05, 4.69) is 20.6 Å². The number of H-pyrrole nitrogens is 1. The van der Waals surface area contributed by atoms with E-state index >= 15 is 0 Å². The van der Waals surface area contributed by atoms with Crippen molar-refractivity contribution in [3.8, 4) is 0 Å². The number of nitrogens with one attached hydrogen (secondary N) is 3. The summed E-state index contributed by atoms with van der Waals surface area (Å²) in [6, 6.07) is 10.8. The quantitative estimate of drug-likeness (QED) is 0.689. The lowest BCUT2D eigenvalue weighted by Gasteiger charge is -2.07. The standard InChI is InChI=1S/C15H12ClFN4O/c16-14-20-12-6-5-11(7-13(12)21-14)19-15(22)18-8-9-1-3-10(17)4-2-9/h1-7H,8H2,(H,20,21)(H2,18,19,22). The first-order valence-corrected chi connectivity index (χ1v) is 6.92. The molecule has 0 bridgehead atoms. The number of imidazole rings is 1. The molecule has 0 aliphatic rings. The van der Waals surface area contributed by atoms with Gasteiger partial charge in [-0.15, -0.1) is 0 Å². The van der Waals surface area contributed by atoms with Crippen LogP contribution in [0.4, 0.5) is 14.9 Å². The third kappa shape index (κ3) is 3.35. The highest BCUT2D eigenvalue weighted by atomic mass is 35.5. The Bertz CT molecular complexity index is 816. The lowest BCUT2D eigenvalue weighted by atomic mass is 10.2. The van der Waals surface area contributed by atoms with E-state index < -0.39 is 0 Å². The van der Waals surface area contributed by atoms with Crippen LogP contribution in [-0.2, 0) is 6.54 Å². The summed E-state index contributed by atoms with van der Waals surface area (Å²) in [7, 11) is 0. The van der Waals surface area contributed by atoms with Gasteiger partial charge in [0.15, 0.2) is 0 Å². The van der Waals surface area contributed by atoms with Crippen LogP contribution in [0.2, 0.25) is 5.28 Å². The topological polar surface area (TPSA) is 69.8 Å². The fourth-order valence-corrected chi connectivity index (χ4v) is 2.21. The van der Waals surface area contributed by atoms with E-state index in [0.717, 1.165) is 16.6 Å². The number of amides is 2. The van der Waals surface area contributed by atoms with Gasteiger partial charge in [-0.1, -0.05) is 12.1 Å². The smallest absolute Gasteiger partial charge is 0.319 e. The van der Waals surface area contributed by atoms with E-state index in [-0.39, 0.29) is 11.8 Å². The van der Waals surface area contributed by atoms with Crippen LogP contribution < -0.4 is 10.6 Å². The number of aromatic amines is 1. The van der Waals surface area contributed by atoms with Gasteiger partial charge in [-0.05, 0) is 47.5 Å². The first-order chi connectivity index (χ1) is 10.6. The van der Waals surface area contributed by atoms with Gasteiger partial charge in [-0.2, -0.15) is 0 Å². The first kappa shape index (κ1) is 14.3. The highest BCUT2D eigenvalue weighted by Gasteiger charge is 2.05. The van der Waals surface area contributed by atoms with Crippen LogP contribution in [0, 0.1) is 5.82 Å². The van der Waals surface area contributed by atoms with E-state index in [1.165, 1.54) is 12.1 Å². The lowest BCUT2D eigenvalue weighted by Crippen LogP contribution is -2.28. The number of benzene rings is 2. The molecule has 1 aromatic heterocycles. The molecule has 22 heavy (non-hydrogen) atoms. The molecule has 5 nitrogen and oxygen atoms in total. The number of urea groups is 1. The molecule has 0 saturated heterocycles. The summed E-state index contributed by atoms with van der Waals surface area (Å²) in [5, 5.41) is 5.70. The zero-order valence-corrected chi connectivity index (χ0v) is 12.1. The van der Waals surface area contributed by atoms with Crippen molar-refractivity contribution >= 4 is 34.4 Å². The number of halogens is 2. The number of anilines is 1. The van der Waals surface area contributed by atoms with Gasteiger partial charge in [-0.25, -0.2) is 14.2 Å².